The van der Waals surface area contributed by atoms with Crippen molar-refractivity contribution in [1.29, 1.82) is 5.26 Å². The maximum Gasteiger partial charge on any atom is 0.418 e. The molecule has 2 fully saturated rings. The summed E-state index contributed by atoms with van der Waals surface area (Å²) < 4.78 is 31.8. The SMILES string of the molecule is N#Cc1ccccc1N1CCC(NCCNC(=O)N2C(=O)OC[C@@H]2c2ccc(F)c(F)c2)CC1. The Hall–Kier alpha value is -3.71. The molecule has 2 saturated heterocycles. The van der Waals surface area contributed by atoms with Gasteiger partial charge >= 0.3 is 12.1 Å². The van der Waals surface area contributed by atoms with E-state index in [1.165, 1.54) is 6.07 Å². The number of carbonyl (C=O) groups is 2. The topological polar surface area (TPSA) is 97.7 Å². The number of amides is 3. The normalized spacial score (nSPS) is 18.5. The second-order valence-electron chi connectivity index (χ2n) is 8.21. The van der Waals surface area contributed by atoms with Crippen molar-refractivity contribution in [2.45, 2.75) is 24.9 Å². The van der Waals surface area contributed by atoms with Crippen molar-refractivity contribution in [1.82, 2.24) is 15.5 Å². The number of anilines is 1. The molecule has 178 valence electrons. The number of halogens is 2. The van der Waals surface area contributed by atoms with Gasteiger partial charge in [0.15, 0.2) is 11.6 Å². The lowest BCUT2D eigenvalue weighted by Crippen LogP contribution is -2.47. The van der Waals surface area contributed by atoms with Gasteiger partial charge in [0.2, 0.25) is 0 Å². The first-order valence-electron chi connectivity index (χ1n) is 11.1. The highest BCUT2D eigenvalue weighted by Gasteiger charge is 2.39. The van der Waals surface area contributed by atoms with E-state index < -0.39 is 29.8 Å². The predicted molar refractivity (Wildman–Crippen MR) is 120 cm³/mol. The summed E-state index contributed by atoms with van der Waals surface area (Å²) in [6.45, 7) is 2.30. The number of ether oxygens (including phenoxy) is 1. The van der Waals surface area contributed by atoms with Crippen molar-refractivity contribution >= 4 is 17.8 Å². The molecule has 2 N–H and O–H groups in total. The maximum atomic E-state index is 13.6. The van der Waals surface area contributed by atoms with Gasteiger partial charge in [0.05, 0.1) is 11.3 Å². The van der Waals surface area contributed by atoms with Crippen molar-refractivity contribution in [2.24, 2.45) is 0 Å². The van der Waals surface area contributed by atoms with Crippen molar-refractivity contribution < 1.29 is 23.1 Å². The van der Waals surface area contributed by atoms with E-state index >= 15 is 0 Å². The average molecular weight is 469 g/mol. The first kappa shape index (κ1) is 23.4. The number of piperidine rings is 1. The Labute approximate surface area is 196 Å². The fraction of sp³-hybridized carbons (Fsp3) is 0.375. The first-order chi connectivity index (χ1) is 16.5. The summed E-state index contributed by atoms with van der Waals surface area (Å²) in [5.74, 6) is -2.06. The highest BCUT2D eigenvalue weighted by Crippen LogP contribution is 2.28. The monoisotopic (exact) mass is 469 g/mol. The van der Waals surface area contributed by atoms with Crippen molar-refractivity contribution in [2.75, 3.05) is 37.7 Å². The molecule has 2 aliphatic heterocycles. The molecule has 8 nitrogen and oxygen atoms in total. The zero-order valence-corrected chi connectivity index (χ0v) is 18.5. The number of rotatable bonds is 6. The number of nitrogens with one attached hydrogen (secondary N) is 2. The third-order valence-corrected chi connectivity index (χ3v) is 6.11. The molecule has 3 amide bonds. The second-order valence-corrected chi connectivity index (χ2v) is 8.21. The van der Waals surface area contributed by atoms with E-state index in [1.807, 2.05) is 24.3 Å². The minimum Gasteiger partial charge on any atom is -0.446 e. The van der Waals surface area contributed by atoms with Crippen LogP contribution >= 0.6 is 0 Å². The van der Waals surface area contributed by atoms with E-state index in [9.17, 15) is 23.6 Å². The quantitative estimate of drug-likeness (QED) is 0.630. The number of nitriles is 1. The summed E-state index contributed by atoms with van der Waals surface area (Å²) in [7, 11) is 0. The Bertz CT molecular complexity index is 1100. The van der Waals surface area contributed by atoms with Crippen LogP contribution in [0.25, 0.3) is 0 Å². The summed E-state index contributed by atoms with van der Waals surface area (Å²) in [6.07, 6.45) is 0.958. The van der Waals surface area contributed by atoms with E-state index in [2.05, 4.69) is 21.6 Å². The summed E-state index contributed by atoms with van der Waals surface area (Å²) in [4.78, 5) is 27.7. The minimum absolute atomic E-state index is 0.122. The van der Waals surface area contributed by atoms with Crippen LogP contribution in [0.2, 0.25) is 0 Å². The van der Waals surface area contributed by atoms with E-state index in [1.54, 1.807) is 0 Å². The molecule has 10 heteroatoms. The lowest BCUT2D eigenvalue weighted by Gasteiger charge is -2.34. The minimum atomic E-state index is -1.05. The van der Waals surface area contributed by atoms with Gasteiger partial charge in [-0.3, -0.25) is 0 Å². The summed E-state index contributed by atoms with van der Waals surface area (Å²) in [5.41, 5.74) is 1.89. The Morgan fingerprint density at radius 3 is 2.62 bits per heavy atom. The Balaban J connectivity index is 1.23. The predicted octanol–water partition coefficient (Wildman–Crippen LogP) is 3.30. The van der Waals surface area contributed by atoms with Crippen LogP contribution in [0, 0.1) is 23.0 Å². The molecule has 0 aliphatic carbocycles. The molecular formula is C24H25F2N5O3. The van der Waals surface area contributed by atoms with E-state index in [0.717, 1.165) is 48.7 Å². The number of cyclic esters (lactones) is 1. The van der Waals surface area contributed by atoms with Crippen molar-refractivity contribution in [3.63, 3.8) is 0 Å². The lowest BCUT2D eigenvalue weighted by molar-refractivity contribution is 0.158. The van der Waals surface area contributed by atoms with Gasteiger partial charge in [-0.1, -0.05) is 18.2 Å². The highest BCUT2D eigenvalue weighted by atomic mass is 19.2. The number of para-hydroxylation sites is 1. The van der Waals surface area contributed by atoms with Crippen LogP contribution < -0.4 is 15.5 Å². The third-order valence-electron chi connectivity index (χ3n) is 6.11. The standard InChI is InChI=1S/C24H25F2N5O3/c25-19-6-5-16(13-20(19)26)22-15-34-24(33)31(22)23(32)29-10-9-28-18-7-11-30(12-8-18)21-4-2-1-3-17(21)14-27/h1-6,13,18,22,28H,7-12,15H2,(H,29,32)/t22-/m1/s1. The molecule has 2 aromatic rings. The average Bonchev–Trinajstić information content (AvgIpc) is 3.25. The molecule has 2 aromatic carbocycles. The van der Waals surface area contributed by atoms with Crippen molar-refractivity contribution in [3.8, 4) is 6.07 Å². The van der Waals surface area contributed by atoms with Crippen molar-refractivity contribution in [3.05, 3.63) is 65.2 Å². The Kier molecular flexibility index (Phi) is 7.23. The third kappa shape index (κ3) is 5.10. The molecule has 0 unspecified atom stereocenters. The number of hydrogen-bond donors (Lipinski definition) is 2. The van der Waals surface area contributed by atoms with Gasteiger partial charge < -0.3 is 20.3 Å². The fourth-order valence-electron chi connectivity index (χ4n) is 4.31. The first-order valence-corrected chi connectivity index (χ1v) is 11.1. The Morgan fingerprint density at radius 2 is 1.88 bits per heavy atom. The fourth-order valence-corrected chi connectivity index (χ4v) is 4.31. The van der Waals surface area contributed by atoms with Crippen LogP contribution in [0.3, 0.4) is 0 Å². The van der Waals surface area contributed by atoms with Crippen LogP contribution in [-0.4, -0.2) is 55.9 Å². The molecule has 0 aromatic heterocycles. The van der Waals surface area contributed by atoms with E-state index in [0.29, 0.717) is 12.1 Å². The molecule has 34 heavy (non-hydrogen) atoms. The number of imide groups is 1. The van der Waals surface area contributed by atoms with Gasteiger partial charge in [0, 0.05) is 32.2 Å². The van der Waals surface area contributed by atoms with E-state index in [-0.39, 0.29) is 24.8 Å². The summed E-state index contributed by atoms with van der Waals surface area (Å²) in [6, 6.07) is 11.8. The number of nitrogens with zero attached hydrogens (tertiary/aromatic N) is 3. The molecule has 4 rings (SSSR count). The van der Waals surface area contributed by atoms with Crippen LogP contribution in [0.1, 0.15) is 30.0 Å². The van der Waals surface area contributed by atoms with Gasteiger partial charge in [-0.05, 0) is 42.7 Å². The zero-order chi connectivity index (χ0) is 24.1. The molecule has 0 radical (unpaired) electrons. The largest absolute Gasteiger partial charge is 0.446 e. The zero-order valence-electron chi connectivity index (χ0n) is 18.5. The van der Waals surface area contributed by atoms with Crippen LogP contribution in [0.5, 0.6) is 0 Å². The van der Waals surface area contributed by atoms with Gasteiger partial charge in [-0.25, -0.2) is 23.3 Å². The molecular weight excluding hydrogens is 444 g/mol. The summed E-state index contributed by atoms with van der Waals surface area (Å²) in [5, 5.41) is 15.4. The van der Waals surface area contributed by atoms with Gasteiger partial charge in [0.25, 0.3) is 0 Å². The summed E-state index contributed by atoms with van der Waals surface area (Å²) >= 11 is 0. The molecule has 0 bridgehead atoms. The highest BCUT2D eigenvalue weighted by molar-refractivity contribution is 5.92. The van der Waals surface area contributed by atoms with Gasteiger partial charge in [-0.15, -0.1) is 0 Å². The molecule has 0 spiro atoms. The number of carbonyl (C=O) groups excluding carboxylic acids is 2. The molecule has 0 saturated carbocycles. The van der Waals surface area contributed by atoms with E-state index in [4.69, 9.17) is 4.74 Å². The number of urea groups is 1. The maximum absolute atomic E-state index is 13.6. The Morgan fingerprint density at radius 1 is 1.12 bits per heavy atom. The lowest BCUT2D eigenvalue weighted by atomic mass is 10.0. The number of benzene rings is 2. The van der Waals surface area contributed by atoms with Gasteiger partial charge in [0.1, 0.15) is 18.7 Å². The smallest absolute Gasteiger partial charge is 0.418 e. The van der Waals surface area contributed by atoms with Crippen LogP contribution in [0.4, 0.5) is 24.1 Å². The van der Waals surface area contributed by atoms with Crippen LogP contribution in [-0.2, 0) is 4.74 Å². The second kappa shape index (κ2) is 10.5. The number of hydrogen-bond acceptors (Lipinski definition) is 6. The van der Waals surface area contributed by atoms with Crippen LogP contribution in [0.15, 0.2) is 42.5 Å². The molecule has 2 aliphatic rings. The molecule has 2 heterocycles. The molecule has 1 atom stereocenters. The van der Waals surface area contributed by atoms with Gasteiger partial charge in [-0.2, -0.15) is 5.26 Å².